The van der Waals surface area contributed by atoms with Gasteiger partial charge in [0.2, 0.25) is 5.91 Å². The smallest absolute Gasteiger partial charge is 0.263 e. The number of carbonyl (C=O) groups excluding carboxylic acids is 2. The molecule has 0 bridgehead atoms. The van der Waals surface area contributed by atoms with E-state index in [1.165, 1.54) is 11.3 Å². The van der Waals surface area contributed by atoms with E-state index in [9.17, 15) is 9.59 Å². The van der Waals surface area contributed by atoms with Crippen LogP contribution in [0.1, 0.15) is 22.5 Å². The number of nitrogens with zero attached hydrogens (tertiary/aromatic N) is 1. The normalized spacial score (nSPS) is 16.8. The first-order chi connectivity index (χ1) is 12.6. The minimum absolute atomic E-state index is 0.000437. The van der Waals surface area contributed by atoms with Gasteiger partial charge in [-0.05, 0) is 36.4 Å². The fraction of sp³-hybridized carbons (Fsp3) is 0.368. The van der Waals surface area contributed by atoms with Crippen LogP contribution < -0.4 is 14.8 Å². The number of benzene rings is 1. The van der Waals surface area contributed by atoms with E-state index in [-0.39, 0.29) is 17.7 Å². The van der Waals surface area contributed by atoms with Gasteiger partial charge in [-0.15, -0.1) is 11.3 Å². The molecule has 3 rings (SSSR count). The van der Waals surface area contributed by atoms with Crippen molar-refractivity contribution < 1.29 is 19.1 Å². The van der Waals surface area contributed by atoms with E-state index in [0.29, 0.717) is 35.2 Å². The predicted octanol–water partition coefficient (Wildman–Crippen LogP) is 3.26. The number of hydrogen-bond donors (Lipinski definition) is 1. The molecule has 1 aliphatic rings. The average molecular weight is 374 g/mol. The maximum Gasteiger partial charge on any atom is 0.263 e. The topological polar surface area (TPSA) is 67.9 Å². The summed E-state index contributed by atoms with van der Waals surface area (Å²) in [5.41, 5.74) is 0.597. The standard InChI is InChI=1S/C19H22N2O4S/c1-24-14-7-8-15(16(11-14)25-2)20-18(22)13-5-3-9-21(12-13)19(23)17-6-4-10-26-17/h4,6-8,10-11,13H,3,5,9,12H2,1-2H3,(H,20,22). The quantitative estimate of drug-likeness (QED) is 0.872. The van der Waals surface area contributed by atoms with E-state index in [2.05, 4.69) is 5.32 Å². The summed E-state index contributed by atoms with van der Waals surface area (Å²) < 4.78 is 10.5. The van der Waals surface area contributed by atoms with Crippen LogP contribution in [0, 0.1) is 5.92 Å². The third kappa shape index (κ3) is 3.99. The molecule has 1 atom stereocenters. The van der Waals surface area contributed by atoms with Crippen LogP contribution in [0.25, 0.3) is 0 Å². The summed E-state index contributed by atoms with van der Waals surface area (Å²) in [7, 11) is 3.13. The molecule has 1 aliphatic heterocycles. The van der Waals surface area contributed by atoms with Crippen LogP contribution >= 0.6 is 11.3 Å². The van der Waals surface area contributed by atoms with Crippen molar-refractivity contribution in [3.63, 3.8) is 0 Å². The lowest BCUT2D eigenvalue weighted by atomic mass is 9.96. The Morgan fingerprint density at radius 2 is 2.08 bits per heavy atom. The Morgan fingerprint density at radius 1 is 1.23 bits per heavy atom. The lowest BCUT2D eigenvalue weighted by Crippen LogP contribution is -2.43. The van der Waals surface area contributed by atoms with E-state index < -0.39 is 0 Å². The molecule has 0 aliphatic carbocycles. The molecule has 6 nitrogen and oxygen atoms in total. The fourth-order valence-electron chi connectivity index (χ4n) is 3.07. The lowest BCUT2D eigenvalue weighted by Gasteiger charge is -2.31. The van der Waals surface area contributed by atoms with Crippen molar-refractivity contribution in [3.05, 3.63) is 40.6 Å². The second kappa shape index (κ2) is 8.23. The zero-order valence-corrected chi connectivity index (χ0v) is 15.7. The van der Waals surface area contributed by atoms with E-state index >= 15 is 0 Å². The average Bonchev–Trinajstić information content (AvgIpc) is 3.22. The van der Waals surface area contributed by atoms with Crippen LogP contribution in [-0.4, -0.2) is 44.0 Å². The molecule has 26 heavy (non-hydrogen) atoms. The molecule has 0 spiro atoms. The van der Waals surface area contributed by atoms with Crippen molar-refractivity contribution in [1.29, 1.82) is 0 Å². The molecule has 2 amide bonds. The van der Waals surface area contributed by atoms with Crippen molar-refractivity contribution in [2.24, 2.45) is 5.92 Å². The van der Waals surface area contributed by atoms with Crippen molar-refractivity contribution >= 4 is 28.8 Å². The Bertz CT molecular complexity index is 776. The minimum atomic E-state index is -0.237. The molecule has 1 unspecified atom stereocenters. The summed E-state index contributed by atoms with van der Waals surface area (Å²) >= 11 is 1.43. The number of likely N-dealkylation sites (tertiary alicyclic amines) is 1. The SMILES string of the molecule is COc1ccc(NC(=O)C2CCCN(C(=O)c3cccs3)C2)c(OC)c1. The van der Waals surface area contributed by atoms with Gasteiger partial charge >= 0.3 is 0 Å². The number of ether oxygens (including phenoxy) is 2. The second-order valence-electron chi connectivity index (χ2n) is 6.12. The monoisotopic (exact) mass is 374 g/mol. The Balaban J connectivity index is 1.67. The summed E-state index contributed by atoms with van der Waals surface area (Å²) in [4.78, 5) is 27.7. The van der Waals surface area contributed by atoms with Crippen molar-refractivity contribution in [3.8, 4) is 11.5 Å². The first-order valence-corrected chi connectivity index (χ1v) is 9.36. The molecule has 1 N–H and O–H groups in total. The maximum atomic E-state index is 12.7. The first kappa shape index (κ1) is 18.3. The first-order valence-electron chi connectivity index (χ1n) is 8.48. The zero-order valence-electron chi connectivity index (χ0n) is 14.9. The third-order valence-electron chi connectivity index (χ3n) is 4.48. The molecule has 2 aromatic rings. The molecule has 1 fully saturated rings. The van der Waals surface area contributed by atoms with E-state index in [4.69, 9.17) is 9.47 Å². The highest BCUT2D eigenvalue weighted by molar-refractivity contribution is 7.12. The van der Waals surface area contributed by atoms with Crippen LogP contribution in [0.15, 0.2) is 35.7 Å². The second-order valence-corrected chi connectivity index (χ2v) is 7.07. The highest BCUT2D eigenvalue weighted by Crippen LogP contribution is 2.30. The Kier molecular flexibility index (Phi) is 5.78. The summed E-state index contributed by atoms with van der Waals surface area (Å²) in [5.74, 6) is 0.862. The van der Waals surface area contributed by atoms with Gasteiger partial charge in [-0.1, -0.05) is 6.07 Å². The van der Waals surface area contributed by atoms with Crippen LogP contribution in [0.2, 0.25) is 0 Å². The van der Waals surface area contributed by atoms with Gasteiger partial charge in [0.15, 0.2) is 0 Å². The van der Waals surface area contributed by atoms with Crippen LogP contribution in [0.3, 0.4) is 0 Å². The number of hydrogen-bond acceptors (Lipinski definition) is 5. The van der Waals surface area contributed by atoms with Gasteiger partial charge in [-0.2, -0.15) is 0 Å². The Morgan fingerprint density at radius 3 is 2.77 bits per heavy atom. The summed E-state index contributed by atoms with van der Waals surface area (Å²) in [6, 6.07) is 8.93. The number of piperidine rings is 1. The van der Waals surface area contributed by atoms with Crippen LogP contribution in [0.4, 0.5) is 5.69 Å². The number of nitrogens with one attached hydrogen (secondary N) is 1. The molecule has 2 heterocycles. The number of methoxy groups -OCH3 is 2. The Labute approximate surface area is 156 Å². The van der Waals surface area contributed by atoms with Crippen molar-refractivity contribution in [2.75, 3.05) is 32.6 Å². The number of rotatable bonds is 5. The van der Waals surface area contributed by atoms with E-state index in [1.54, 1.807) is 37.3 Å². The number of thiophene rings is 1. The molecule has 0 radical (unpaired) electrons. The van der Waals surface area contributed by atoms with Gasteiger partial charge in [0.1, 0.15) is 11.5 Å². The molecule has 1 aromatic carbocycles. The van der Waals surface area contributed by atoms with Gasteiger partial charge in [0, 0.05) is 19.2 Å². The summed E-state index contributed by atoms with van der Waals surface area (Å²) in [5, 5.41) is 4.81. The molecule has 1 saturated heterocycles. The lowest BCUT2D eigenvalue weighted by molar-refractivity contribution is -0.121. The summed E-state index contributed by atoms with van der Waals surface area (Å²) in [6.45, 7) is 1.12. The van der Waals surface area contributed by atoms with E-state index in [1.807, 2.05) is 17.5 Å². The molecule has 1 aromatic heterocycles. The zero-order chi connectivity index (χ0) is 18.5. The highest BCUT2D eigenvalue weighted by atomic mass is 32.1. The van der Waals surface area contributed by atoms with Crippen LogP contribution in [-0.2, 0) is 4.79 Å². The predicted molar refractivity (Wildman–Crippen MR) is 101 cm³/mol. The van der Waals surface area contributed by atoms with Gasteiger partial charge in [0.05, 0.1) is 30.7 Å². The van der Waals surface area contributed by atoms with Gasteiger partial charge in [-0.3, -0.25) is 9.59 Å². The molecular formula is C19H22N2O4S. The van der Waals surface area contributed by atoms with Gasteiger partial charge < -0.3 is 19.7 Å². The fourth-order valence-corrected chi connectivity index (χ4v) is 3.76. The number of anilines is 1. The molecule has 7 heteroatoms. The van der Waals surface area contributed by atoms with Gasteiger partial charge in [0.25, 0.3) is 5.91 Å². The third-order valence-corrected chi connectivity index (χ3v) is 5.34. The van der Waals surface area contributed by atoms with E-state index in [0.717, 1.165) is 12.8 Å². The maximum absolute atomic E-state index is 12.7. The number of amides is 2. The van der Waals surface area contributed by atoms with Crippen molar-refractivity contribution in [1.82, 2.24) is 4.90 Å². The van der Waals surface area contributed by atoms with Crippen LogP contribution in [0.5, 0.6) is 11.5 Å². The molecule has 0 saturated carbocycles. The van der Waals surface area contributed by atoms with Gasteiger partial charge in [-0.25, -0.2) is 0 Å². The highest BCUT2D eigenvalue weighted by Gasteiger charge is 2.29. The largest absolute Gasteiger partial charge is 0.497 e. The number of carbonyl (C=O) groups is 2. The molecule has 138 valence electrons. The Hall–Kier alpha value is -2.54. The van der Waals surface area contributed by atoms with Crippen molar-refractivity contribution in [2.45, 2.75) is 12.8 Å². The minimum Gasteiger partial charge on any atom is -0.497 e. The summed E-state index contributed by atoms with van der Waals surface area (Å²) in [6.07, 6.45) is 1.58. The molecular weight excluding hydrogens is 352 g/mol.